The Labute approximate surface area is 123 Å². The van der Waals surface area contributed by atoms with Gasteiger partial charge in [-0.25, -0.2) is 0 Å². The highest BCUT2D eigenvalue weighted by molar-refractivity contribution is 5.94. The Morgan fingerprint density at radius 2 is 2.33 bits per heavy atom. The minimum absolute atomic E-state index is 0.0316. The second-order valence-electron chi connectivity index (χ2n) is 5.55. The average Bonchev–Trinajstić information content (AvgIpc) is 3.10. The van der Waals surface area contributed by atoms with Crippen molar-refractivity contribution in [2.45, 2.75) is 32.4 Å². The molecule has 0 radical (unpaired) electrons. The number of ether oxygens (including phenoxy) is 1. The second-order valence-corrected chi connectivity index (χ2v) is 5.55. The summed E-state index contributed by atoms with van der Waals surface area (Å²) in [4.78, 5) is 15.5. The fraction of sp³-hybridized carbons (Fsp3) is 0.467. The van der Waals surface area contributed by atoms with E-state index in [9.17, 15) is 4.79 Å². The van der Waals surface area contributed by atoms with Gasteiger partial charge in [-0.15, -0.1) is 0 Å². The summed E-state index contributed by atoms with van der Waals surface area (Å²) in [6.45, 7) is 4.52. The van der Waals surface area contributed by atoms with Crippen molar-refractivity contribution in [3.05, 3.63) is 41.0 Å². The Bertz CT molecular complexity index is 658. The molecule has 3 heterocycles. The molecule has 21 heavy (non-hydrogen) atoms. The van der Waals surface area contributed by atoms with Crippen molar-refractivity contribution in [3.63, 3.8) is 0 Å². The van der Waals surface area contributed by atoms with Crippen molar-refractivity contribution in [3.8, 4) is 0 Å². The molecule has 112 valence electrons. The number of amides is 1. The molecular weight excluding hydrogens is 268 g/mol. The minimum atomic E-state index is -0.141. The molecule has 1 saturated heterocycles. The number of hydrogen-bond acceptors (Lipinski definition) is 3. The molecule has 0 unspecified atom stereocenters. The largest absolute Gasteiger partial charge is 0.370 e. The van der Waals surface area contributed by atoms with Gasteiger partial charge in [0.05, 0.1) is 11.7 Å². The average molecular weight is 288 g/mol. The fourth-order valence-corrected chi connectivity index (χ4v) is 2.90. The van der Waals surface area contributed by atoms with E-state index in [1.165, 1.54) is 0 Å². The molecule has 1 fully saturated rings. The summed E-state index contributed by atoms with van der Waals surface area (Å²) >= 11 is 0. The minimum Gasteiger partial charge on any atom is -0.370 e. The van der Waals surface area contributed by atoms with Gasteiger partial charge in [0, 0.05) is 25.5 Å². The van der Waals surface area contributed by atoms with E-state index in [4.69, 9.17) is 4.74 Å². The van der Waals surface area contributed by atoms with E-state index >= 15 is 0 Å². The van der Waals surface area contributed by atoms with Crippen LogP contribution in [0.1, 0.15) is 40.0 Å². The Kier molecular flexibility index (Phi) is 3.55. The van der Waals surface area contributed by atoms with E-state index in [1.807, 2.05) is 33.0 Å². The number of nitrogens with one attached hydrogen (secondary N) is 2. The molecule has 2 aromatic heterocycles. The Hall–Kier alpha value is -2.08. The third kappa shape index (κ3) is 2.58. The number of rotatable bonds is 3. The monoisotopic (exact) mass is 288 g/mol. The predicted octanol–water partition coefficient (Wildman–Crippen LogP) is 1.63. The van der Waals surface area contributed by atoms with Gasteiger partial charge in [-0.1, -0.05) is 0 Å². The molecule has 0 aliphatic carbocycles. The van der Waals surface area contributed by atoms with Gasteiger partial charge < -0.3 is 15.0 Å². The zero-order valence-electron chi connectivity index (χ0n) is 12.5. The van der Waals surface area contributed by atoms with E-state index in [0.717, 1.165) is 23.4 Å². The molecule has 1 aliphatic heterocycles. The molecule has 6 nitrogen and oxygen atoms in total. The fourth-order valence-electron chi connectivity index (χ4n) is 2.90. The number of aromatic nitrogens is 3. The third-order valence-corrected chi connectivity index (χ3v) is 3.94. The highest BCUT2D eigenvalue weighted by Gasteiger charge is 2.33. The van der Waals surface area contributed by atoms with Gasteiger partial charge in [0.1, 0.15) is 11.8 Å². The van der Waals surface area contributed by atoms with Gasteiger partial charge in [0.25, 0.3) is 5.91 Å². The van der Waals surface area contributed by atoms with Gasteiger partial charge >= 0.3 is 0 Å². The maximum Gasteiger partial charge on any atom is 0.268 e. The quantitative estimate of drug-likeness (QED) is 0.901. The van der Waals surface area contributed by atoms with E-state index in [2.05, 4.69) is 15.4 Å². The van der Waals surface area contributed by atoms with Crippen LogP contribution in [-0.2, 0) is 11.8 Å². The molecule has 0 bridgehead atoms. The number of carbonyl (C=O) groups is 1. The standard InChI is InChI=1S/C15H20N4O2/c1-9-8-10(2)17-13(9)15(20)18-11-5-7-21-14(11)12-4-6-16-19(12)3/h4,6,8,11,14,17H,5,7H2,1-3H3,(H,18,20)/t11-,14-/m0/s1. The number of nitrogens with zero attached hydrogens (tertiary/aromatic N) is 2. The second kappa shape index (κ2) is 5.37. The Balaban J connectivity index is 1.76. The van der Waals surface area contributed by atoms with Crippen LogP contribution in [0.25, 0.3) is 0 Å². The smallest absolute Gasteiger partial charge is 0.268 e. The third-order valence-electron chi connectivity index (χ3n) is 3.94. The van der Waals surface area contributed by atoms with Gasteiger partial charge in [-0.05, 0) is 38.0 Å². The van der Waals surface area contributed by atoms with Crippen LogP contribution in [0.5, 0.6) is 0 Å². The number of carbonyl (C=O) groups excluding carboxylic acids is 1. The molecular formula is C15H20N4O2. The van der Waals surface area contributed by atoms with Crippen LogP contribution in [-0.4, -0.2) is 33.3 Å². The summed E-state index contributed by atoms with van der Waals surface area (Å²) < 4.78 is 7.57. The number of H-pyrrole nitrogens is 1. The lowest BCUT2D eigenvalue weighted by Crippen LogP contribution is -2.37. The first-order chi connectivity index (χ1) is 10.1. The van der Waals surface area contributed by atoms with Crippen molar-refractivity contribution in [2.24, 2.45) is 7.05 Å². The summed E-state index contributed by atoms with van der Waals surface area (Å²) in [6.07, 6.45) is 2.41. The summed E-state index contributed by atoms with van der Waals surface area (Å²) in [5.41, 5.74) is 3.56. The zero-order valence-corrected chi connectivity index (χ0v) is 12.5. The highest BCUT2D eigenvalue weighted by Crippen LogP contribution is 2.28. The normalized spacial score (nSPS) is 21.7. The zero-order chi connectivity index (χ0) is 15.0. The predicted molar refractivity (Wildman–Crippen MR) is 78.0 cm³/mol. The molecule has 0 saturated carbocycles. The molecule has 1 amide bonds. The molecule has 0 spiro atoms. The van der Waals surface area contributed by atoms with Crippen molar-refractivity contribution >= 4 is 5.91 Å². The summed E-state index contributed by atoms with van der Waals surface area (Å²) in [6, 6.07) is 3.87. The maximum atomic E-state index is 12.4. The van der Waals surface area contributed by atoms with E-state index in [-0.39, 0.29) is 18.1 Å². The van der Waals surface area contributed by atoms with Crippen LogP contribution in [0.15, 0.2) is 18.3 Å². The van der Waals surface area contributed by atoms with E-state index < -0.39 is 0 Å². The topological polar surface area (TPSA) is 71.9 Å². The summed E-state index contributed by atoms with van der Waals surface area (Å²) in [5, 5.41) is 7.25. The SMILES string of the molecule is Cc1cc(C)c(C(=O)N[C@H]2CCO[C@@H]2c2ccnn2C)[nH]1. The van der Waals surface area contributed by atoms with Gasteiger partial charge in [0.2, 0.25) is 0 Å². The van der Waals surface area contributed by atoms with Crippen molar-refractivity contribution in [2.75, 3.05) is 6.61 Å². The number of hydrogen-bond donors (Lipinski definition) is 2. The van der Waals surface area contributed by atoms with Crippen LogP contribution in [0.4, 0.5) is 0 Å². The van der Waals surface area contributed by atoms with Gasteiger partial charge in [-0.2, -0.15) is 5.10 Å². The number of aromatic amines is 1. The van der Waals surface area contributed by atoms with Crippen LogP contribution in [0.2, 0.25) is 0 Å². The molecule has 0 aromatic carbocycles. The first-order valence-corrected chi connectivity index (χ1v) is 7.13. The summed E-state index contributed by atoms with van der Waals surface area (Å²) in [5.74, 6) is -0.0803. The number of aryl methyl sites for hydroxylation is 3. The van der Waals surface area contributed by atoms with Gasteiger partial charge in [-0.3, -0.25) is 9.48 Å². The maximum absolute atomic E-state index is 12.4. The van der Waals surface area contributed by atoms with E-state index in [1.54, 1.807) is 10.9 Å². The molecule has 3 rings (SSSR count). The van der Waals surface area contributed by atoms with Crippen LogP contribution < -0.4 is 5.32 Å². The first-order valence-electron chi connectivity index (χ1n) is 7.13. The van der Waals surface area contributed by atoms with Gasteiger partial charge in [0.15, 0.2) is 0 Å². The Morgan fingerprint density at radius 1 is 1.52 bits per heavy atom. The molecule has 1 aliphatic rings. The molecule has 2 aromatic rings. The molecule has 6 heteroatoms. The van der Waals surface area contributed by atoms with Crippen molar-refractivity contribution in [1.29, 1.82) is 0 Å². The Morgan fingerprint density at radius 3 is 2.95 bits per heavy atom. The van der Waals surface area contributed by atoms with Crippen LogP contribution in [0.3, 0.4) is 0 Å². The van der Waals surface area contributed by atoms with Crippen LogP contribution >= 0.6 is 0 Å². The lowest BCUT2D eigenvalue weighted by molar-refractivity contribution is 0.0789. The molecule has 2 N–H and O–H groups in total. The lowest BCUT2D eigenvalue weighted by atomic mass is 10.1. The first kappa shape index (κ1) is 13.9. The lowest BCUT2D eigenvalue weighted by Gasteiger charge is -2.20. The summed E-state index contributed by atoms with van der Waals surface area (Å²) in [7, 11) is 1.88. The van der Waals surface area contributed by atoms with Crippen LogP contribution in [0, 0.1) is 13.8 Å². The van der Waals surface area contributed by atoms with Crippen molar-refractivity contribution in [1.82, 2.24) is 20.1 Å². The highest BCUT2D eigenvalue weighted by atomic mass is 16.5. The molecule has 2 atom stereocenters. The van der Waals surface area contributed by atoms with Crippen molar-refractivity contribution < 1.29 is 9.53 Å². The van der Waals surface area contributed by atoms with E-state index in [0.29, 0.717) is 12.3 Å².